The van der Waals surface area contributed by atoms with Crippen molar-refractivity contribution in [2.75, 3.05) is 5.73 Å². The molecule has 1 rings (SSSR count). The van der Waals surface area contributed by atoms with E-state index in [1.807, 2.05) is 0 Å². The Hall–Kier alpha value is -1.65. The number of hydrogen-bond donors (Lipinski definition) is 1. The third-order valence-corrected chi connectivity index (χ3v) is 1.61. The second-order valence-electron chi connectivity index (χ2n) is 2.37. The minimum atomic E-state index is -0.855. The molecule has 0 heterocycles. The van der Waals surface area contributed by atoms with Crippen LogP contribution < -0.4 is 5.73 Å². The molecule has 0 bridgehead atoms. The third kappa shape index (κ3) is 1.20. The first kappa shape index (κ1) is 8.45. The number of halogens is 1. The number of rotatable bonds is 1. The van der Waals surface area contributed by atoms with Crippen LogP contribution in [0.1, 0.15) is 5.56 Å². The fourth-order valence-electron chi connectivity index (χ4n) is 0.907. The lowest BCUT2D eigenvalue weighted by Gasteiger charge is -2.00. The fraction of sp³-hybridized carbons (Fsp3) is 0.143. The molecule has 0 atom stereocenters. The van der Waals surface area contributed by atoms with Gasteiger partial charge in [0.15, 0.2) is 0 Å². The monoisotopic (exact) mass is 170 g/mol. The smallest absolute Gasteiger partial charge is 0.309 e. The van der Waals surface area contributed by atoms with E-state index in [1.165, 1.54) is 13.0 Å². The van der Waals surface area contributed by atoms with E-state index in [0.717, 1.165) is 6.07 Å². The largest absolute Gasteiger partial charge is 0.398 e. The zero-order valence-electron chi connectivity index (χ0n) is 6.37. The number of nitrogens with two attached hydrogens (primary N) is 1. The van der Waals surface area contributed by atoms with E-state index in [2.05, 4.69) is 0 Å². The molecule has 0 unspecified atom stereocenters. The number of hydrogen-bond acceptors (Lipinski definition) is 3. The van der Waals surface area contributed by atoms with Gasteiger partial charge in [0.2, 0.25) is 5.82 Å². The van der Waals surface area contributed by atoms with Crippen LogP contribution in [0.5, 0.6) is 0 Å². The Balaban J connectivity index is 3.43. The van der Waals surface area contributed by atoms with Gasteiger partial charge in [0.25, 0.3) is 0 Å². The summed E-state index contributed by atoms with van der Waals surface area (Å²) in [7, 11) is 0. The maximum absolute atomic E-state index is 12.8. The molecule has 2 N–H and O–H groups in total. The summed E-state index contributed by atoms with van der Waals surface area (Å²) in [6.45, 7) is 1.41. The normalized spacial score (nSPS) is 9.83. The average Bonchev–Trinajstić information content (AvgIpc) is 1.97. The summed E-state index contributed by atoms with van der Waals surface area (Å²) in [5.74, 6) is -0.855. The highest BCUT2D eigenvalue weighted by Gasteiger charge is 2.18. The van der Waals surface area contributed by atoms with Gasteiger partial charge in [0.1, 0.15) is 0 Å². The zero-order valence-corrected chi connectivity index (χ0v) is 6.37. The van der Waals surface area contributed by atoms with Crippen LogP contribution in [0.25, 0.3) is 0 Å². The van der Waals surface area contributed by atoms with E-state index in [9.17, 15) is 14.5 Å². The average molecular weight is 170 g/mol. The van der Waals surface area contributed by atoms with Crippen molar-refractivity contribution < 1.29 is 9.31 Å². The van der Waals surface area contributed by atoms with Crippen LogP contribution in [-0.4, -0.2) is 4.92 Å². The van der Waals surface area contributed by atoms with Crippen molar-refractivity contribution in [2.24, 2.45) is 0 Å². The van der Waals surface area contributed by atoms with Gasteiger partial charge < -0.3 is 5.73 Å². The summed E-state index contributed by atoms with van der Waals surface area (Å²) < 4.78 is 12.8. The number of anilines is 1. The van der Waals surface area contributed by atoms with Gasteiger partial charge >= 0.3 is 5.69 Å². The van der Waals surface area contributed by atoms with Crippen LogP contribution in [0.2, 0.25) is 0 Å². The van der Waals surface area contributed by atoms with E-state index in [1.54, 1.807) is 0 Å². The number of nitro benzene ring substituents is 1. The first-order valence-electron chi connectivity index (χ1n) is 3.23. The van der Waals surface area contributed by atoms with E-state index in [4.69, 9.17) is 5.73 Å². The third-order valence-electron chi connectivity index (χ3n) is 1.61. The predicted octanol–water partition coefficient (Wildman–Crippen LogP) is 1.62. The van der Waals surface area contributed by atoms with Gasteiger partial charge in [-0.2, -0.15) is 4.39 Å². The zero-order chi connectivity index (χ0) is 9.30. The molecule has 0 saturated heterocycles. The first-order chi connectivity index (χ1) is 5.54. The van der Waals surface area contributed by atoms with Crippen LogP contribution in [-0.2, 0) is 0 Å². The summed E-state index contributed by atoms with van der Waals surface area (Å²) in [6, 6.07) is 2.29. The van der Waals surface area contributed by atoms with Gasteiger partial charge in [-0.05, 0) is 19.1 Å². The molecule has 0 aliphatic rings. The molecule has 4 nitrogen and oxygen atoms in total. The SMILES string of the molecule is Cc1c(N)ccc(F)c1[N+](=O)[O-]. The molecule has 64 valence electrons. The molecule has 1 aromatic rings. The van der Waals surface area contributed by atoms with Crippen molar-refractivity contribution in [1.82, 2.24) is 0 Å². The molecule has 0 radical (unpaired) electrons. The minimum absolute atomic E-state index is 0.167. The topological polar surface area (TPSA) is 69.2 Å². The molecule has 0 spiro atoms. The number of nitrogens with zero attached hydrogens (tertiary/aromatic N) is 1. The highest BCUT2D eigenvalue weighted by molar-refractivity contribution is 5.57. The lowest BCUT2D eigenvalue weighted by molar-refractivity contribution is -0.388. The molecule has 0 amide bonds. The van der Waals surface area contributed by atoms with Crippen molar-refractivity contribution in [3.05, 3.63) is 33.6 Å². The van der Waals surface area contributed by atoms with Gasteiger partial charge in [-0.25, -0.2) is 0 Å². The van der Waals surface area contributed by atoms with Crippen molar-refractivity contribution >= 4 is 11.4 Å². The standard InChI is InChI=1S/C7H7FN2O2/c1-4-6(9)3-2-5(8)7(4)10(11)12/h2-3H,9H2,1H3. The van der Waals surface area contributed by atoms with E-state index >= 15 is 0 Å². The minimum Gasteiger partial charge on any atom is -0.398 e. The van der Waals surface area contributed by atoms with Gasteiger partial charge in [-0.3, -0.25) is 10.1 Å². The highest BCUT2D eigenvalue weighted by Crippen LogP contribution is 2.26. The van der Waals surface area contributed by atoms with Crippen LogP contribution in [0.15, 0.2) is 12.1 Å². The molecule has 0 saturated carbocycles. The maximum Gasteiger partial charge on any atom is 0.309 e. The van der Waals surface area contributed by atoms with Crippen LogP contribution >= 0.6 is 0 Å². The Kier molecular flexibility index (Phi) is 1.95. The Morgan fingerprint density at radius 1 is 1.58 bits per heavy atom. The molecular formula is C7H7FN2O2. The second kappa shape index (κ2) is 2.77. The van der Waals surface area contributed by atoms with Crippen molar-refractivity contribution in [1.29, 1.82) is 0 Å². The van der Waals surface area contributed by atoms with E-state index in [0.29, 0.717) is 0 Å². The molecule has 1 aromatic carbocycles. The van der Waals surface area contributed by atoms with E-state index < -0.39 is 16.4 Å². The summed E-state index contributed by atoms with van der Waals surface area (Å²) in [4.78, 5) is 9.53. The lowest BCUT2D eigenvalue weighted by atomic mass is 10.1. The fourth-order valence-corrected chi connectivity index (χ4v) is 0.907. The van der Waals surface area contributed by atoms with Crippen molar-refractivity contribution in [2.45, 2.75) is 6.92 Å². The Labute approximate surface area is 68.0 Å². The summed E-state index contributed by atoms with van der Waals surface area (Å²) in [5.41, 5.74) is 5.20. The van der Waals surface area contributed by atoms with Gasteiger partial charge in [-0.1, -0.05) is 0 Å². The molecule has 0 aliphatic heterocycles. The first-order valence-corrected chi connectivity index (χ1v) is 3.23. The second-order valence-corrected chi connectivity index (χ2v) is 2.37. The van der Waals surface area contributed by atoms with Crippen LogP contribution in [0.3, 0.4) is 0 Å². The molecule has 0 fully saturated rings. The molecule has 0 aromatic heterocycles. The Bertz CT molecular complexity index is 338. The molecular weight excluding hydrogens is 163 g/mol. The summed E-state index contributed by atoms with van der Waals surface area (Å²) in [6.07, 6.45) is 0. The molecule has 12 heavy (non-hydrogen) atoms. The van der Waals surface area contributed by atoms with Crippen molar-refractivity contribution in [3.8, 4) is 0 Å². The summed E-state index contributed by atoms with van der Waals surface area (Å²) in [5, 5.41) is 10.3. The lowest BCUT2D eigenvalue weighted by Crippen LogP contribution is -1.99. The van der Waals surface area contributed by atoms with Crippen LogP contribution in [0, 0.1) is 22.9 Å². The highest BCUT2D eigenvalue weighted by atomic mass is 19.1. The Morgan fingerprint density at radius 2 is 2.17 bits per heavy atom. The van der Waals surface area contributed by atoms with Gasteiger partial charge in [-0.15, -0.1) is 0 Å². The number of nitrogen functional groups attached to an aromatic ring is 1. The quantitative estimate of drug-likeness (QED) is 0.395. The van der Waals surface area contributed by atoms with Crippen LogP contribution in [0.4, 0.5) is 15.8 Å². The van der Waals surface area contributed by atoms with Crippen molar-refractivity contribution in [3.63, 3.8) is 0 Å². The summed E-state index contributed by atoms with van der Waals surface area (Å²) >= 11 is 0. The van der Waals surface area contributed by atoms with E-state index in [-0.39, 0.29) is 11.3 Å². The molecule has 5 heteroatoms. The number of benzene rings is 1. The Morgan fingerprint density at radius 3 is 2.58 bits per heavy atom. The number of nitro groups is 1. The predicted molar refractivity (Wildman–Crippen MR) is 42.2 cm³/mol. The van der Waals surface area contributed by atoms with Gasteiger partial charge in [0.05, 0.1) is 10.5 Å². The van der Waals surface area contributed by atoms with Gasteiger partial charge in [0, 0.05) is 5.69 Å². The molecule has 0 aliphatic carbocycles. The maximum atomic E-state index is 12.8.